The average molecular weight is 535 g/mol. The van der Waals surface area contributed by atoms with Gasteiger partial charge in [-0.1, -0.05) is 30.0 Å². The predicted octanol–water partition coefficient (Wildman–Crippen LogP) is 5.31. The molecular weight excluding hydrogens is 512 g/mol. The van der Waals surface area contributed by atoms with E-state index in [1.54, 1.807) is 25.3 Å². The van der Waals surface area contributed by atoms with E-state index >= 15 is 0 Å². The highest BCUT2D eigenvalue weighted by Crippen LogP contribution is 2.39. The number of halogens is 1. The zero-order chi connectivity index (χ0) is 23.4. The monoisotopic (exact) mass is 534 g/mol. The average Bonchev–Trinajstić information content (AvgIpc) is 2.97. The van der Waals surface area contributed by atoms with Crippen LogP contribution in [0.1, 0.15) is 23.6 Å². The third kappa shape index (κ3) is 5.70. The van der Waals surface area contributed by atoms with Gasteiger partial charge in [-0.05, 0) is 83.7 Å². The molecule has 0 saturated carbocycles. The maximum atomic E-state index is 12.4. The van der Waals surface area contributed by atoms with Crippen LogP contribution in [0.2, 0.25) is 0 Å². The summed E-state index contributed by atoms with van der Waals surface area (Å²) in [5, 5.41) is 2.84. The standard InChI is InChI=1S/C23H23BrN2O4S2/c1-5-29-18-10-15(11-19-22(28)26(4)23(31)32-19)9-17(24)21(18)30-12-20(27)25-16-7-6-13(2)14(3)8-16/h6-11H,5,12H2,1-4H3,(H,25,27)/b19-11-. The van der Waals surface area contributed by atoms with Gasteiger partial charge in [-0.3, -0.25) is 14.5 Å². The van der Waals surface area contributed by atoms with E-state index in [0.717, 1.165) is 22.4 Å². The van der Waals surface area contributed by atoms with Crippen LogP contribution in [0.25, 0.3) is 6.08 Å². The molecule has 9 heteroatoms. The second-order valence-electron chi connectivity index (χ2n) is 7.14. The molecule has 0 radical (unpaired) electrons. The normalized spacial score (nSPS) is 14.8. The first-order valence-corrected chi connectivity index (χ1v) is 11.9. The Hall–Kier alpha value is -2.36. The number of likely N-dealkylation sites (N-methyl/N-ethyl adjacent to an activating group) is 1. The summed E-state index contributed by atoms with van der Waals surface area (Å²) >= 11 is 9.93. The predicted molar refractivity (Wildman–Crippen MR) is 136 cm³/mol. The van der Waals surface area contributed by atoms with Crippen LogP contribution in [0.5, 0.6) is 11.5 Å². The molecule has 0 aromatic heterocycles. The number of nitrogens with zero attached hydrogens (tertiary/aromatic N) is 1. The Balaban J connectivity index is 1.76. The van der Waals surface area contributed by atoms with E-state index in [-0.39, 0.29) is 18.4 Å². The van der Waals surface area contributed by atoms with Gasteiger partial charge in [0.2, 0.25) is 0 Å². The number of thioether (sulfide) groups is 1. The molecule has 0 aliphatic carbocycles. The van der Waals surface area contributed by atoms with E-state index in [1.807, 2.05) is 39.0 Å². The maximum absolute atomic E-state index is 12.4. The summed E-state index contributed by atoms with van der Waals surface area (Å²) in [5.41, 5.74) is 3.72. The lowest BCUT2D eigenvalue weighted by Crippen LogP contribution is -2.22. The molecule has 2 aromatic rings. The SMILES string of the molecule is CCOc1cc(/C=C2\SC(=S)N(C)C2=O)cc(Br)c1OCC(=O)Nc1ccc(C)c(C)c1. The van der Waals surface area contributed by atoms with Crippen molar-refractivity contribution in [3.8, 4) is 11.5 Å². The fourth-order valence-corrected chi connectivity index (χ4v) is 4.68. The number of aryl methyl sites for hydroxylation is 2. The zero-order valence-electron chi connectivity index (χ0n) is 18.2. The molecule has 1 aliphatic heterocycles. The van der Waals surface area contributed by atoms with E-state index in [0.29, 0.717) is 31.8 Å². The van der Waals surface area contributed by atoms with Crippen molar-refractivity contribution in [2.24, 2.45) is 0 Å². The summed E-state index contributed by atoms with van der Waals surface area (Å²) in [4.78, 5) is 26.7. The van der Waals surface area contributed by atoms with Gasteiger partial charge in [0.25, 0.3) is 11.8 Å². The molecule has 1 heterocycles. The molecule has 1 saturated heterocycles. The second-order valence-corrected chi connectivity index (χ2v) is 9.67. The summed E-state index contributed by atoms with van der Waals surface area (Å²) in [6.45, 7) is 6.11. The van der Waals surface area contributed by atoms with Crippen LogP contribution < -0.4 is 14.8 Å². The fraction of sp³-hybridized carbons (Fsp3) is 0.261. The number of carbonyl (C=O) groups is 2. The molecule has 2 amide bonds. The highest BCUT2D eigenvalue weighted by atomic mass is 79.9. The number of nitrogens with one attached hydrogen (secondary N) is 1. The summed E-state index contributed by atoms with van der Waals surface area (Å²) in [6.07, 6.45) is 1.76. The summed E-state index contributed by atoms with van der Waals surface area (Å²) in [5.74, 6) is 0.470. The van der Waals surface area contributed by atoms with Gasteiger partial charge >= 0.3 is 0 Å². The maximum Gasteiger partial charge on any atom is 0.265 e. The van der Waals surface area contributed by atoms with Crippen LogP contribution in [0.3, 0.4) is 0 Å². The lowest BCUT2D eigenvalue weighted by atomic mass is 10.1. The number of amides is 2. The second kappa shape index (κ2) is 10.5. The number of thiocarbonyl (C=S) groups is 1. The Labute approximate surface area is 205 Å². The van der Waals surface area contributed by atoms with Crippen molar-refractivity contribution in [2.75, 3.05) is 25.6 Å². The minimum atomic E-state index is -0.279. The van der Waals surface area contributed by atoms with Crippen molar-refractivity contribution >= 4 is 67.8 Å². The topological polar surface area (TPSA) is 67.9 Å². The third-order valence-corrected chi connectivity index (χ3v) is 6.83. The van der Waals surface area contributed by atoms with Crippen LogP contribution in [0, 0.1) is 13.8 Å². The van der Waals surface area contributed by atoms with Gasteiger partial charge in [0.1, 0.15) is 4.32 Å². The first-order valence-electron chi connectivity index (χ1n) is 9.87. The van der Waals surface area contributed by atoms with Gasteiger partial charge in [-0.15, -0.1) is 0 Å². The summed E-state index contributed by atoms with van der Waals surface area (Å²) in [7, 11) is 1.65. The molecule has 0 unspecified atom stereocenters. The van der Waals surface area contributed by atoms with Gasteiger partial charge in [-0.2, -0.15) is 0 Å². The number of ether oxygens (including phenoxy) is 2. The van der Waals surface area contributed by atoms with Gasteiger partial charge < -0.3 is 14.8 Å². The molecule has 6 nitrogen and oxygen atoms in total. The van der Waals surface area contributed by atoms with E-state index in [9.17, 15) is 9.59 Å². The molecule has 0 bridgehead atoms. The fourth-order valence-electron chi connectivity index (χ4n) is 2.93. The number of hydrogen-bond acceptors (Lipinski definition) is 6. The molecule has 2 aromatic carbocycles. The molecule has 1 fully saturated rings. The lowest BCUT2D eigenvalue weighted by molar-refractivity contribution is -0.121. The Kier molecular flexibility index (Phi) is 7.97. The molecule has 0 atom stereocenters. The van der Waals surface area contributed by atoms with Gasteiger partial charge in [0.15, 0.2) is 18.1 Å². The number of hydrogen-bond donors (Lipinski definition) is 1. The molecule has 32 heavy (non-hydrogen) atoms. The van der Waals surface area contributed by atoms with Crippen molar-refractivity contribution in [1.29, 1.82) is 0 Å². The lowest BCUT2D eigenvalue weighted by Gasteiger charge is -2.15. The zero-order valence-corrected chi connectivity index (χ0v) is 21.4. The number of benzene rings is 2. The number of anilines is 1. The van der Waals surface area contributed by atoms with Gasteiger partial charge in [0, 0.05) is 12.7 Å². The highest BCUT2D eigenvalue weighted by Gasteiger charge is 2.28. The highest BCUT2D eigenvalue weighted by molar-refractivity contribution is 9.10. The Morgan fingerprint density at radius 3 is 2.59 bits per heavy atom. The van der Waals surface area contributed by atoms with Crippen LogP contribution in [0.15, 0.2) is 39.7 Å². The van der Waals surface area contributed by atoms with Crippen molar-refractivity contribution in [3.05, 3.63) is 56.4 Å². The molecule has 1 aliphatic rings. The van der Waals surface area contributed by atoms with E-state index in [1.165, 1.54) is 16.7 Å². The van der Waals surface area contributed by atoms with Crippen molar-refractivity contribution in [2.45, 2.75) is 20.8 Å². The van der Waals surface area contributed by atoms with Gasteiger partial charge in [0.05, 0.1) is 16.0 Å². The quantitative estimate of drug-likeness (QED) is 0.383. The van der Waals surface area contributed by atoms with Crippen molar-refractivity contribution in [3.63, 3.8) is 0 Å². The van der Waals surface area contributed by atoms with Crippen molar-refractivity contribution in [1.82, 2.24) is 4.90 Å². The first-order chi connectivity index (χ1) is 15.2. The largest absolute Gasteiger partial charge is 0.490 e. The Bertz CT molecular complexity index is 1120. The Morgan fingerprint density at radius 1 is 1.22 bits per heavy atom. The van der Waals surface area contributed by atoms with Gasteiger partial charge in [-0.25, -0.2) is 0 Å². The van der Waals surface area contributed by atoms with Crippen LogP contribution in [0.4, 0.5) is 5.69 Å². The minimum absolute atomic E-state index is 0.141. The van der Waals surface area contributed by atoms with E-state index < -0.39 is 0 Å². The van der Waals surface area contributed by atoms with E-state index in [4.69, 9.17) is 21.7 Å². The summed E-state index contributed by atoms with van der Waals surface area (Å²) in [6, 6.07) is 9.31. The van der Waals surface area contributed by atoms with Crippen molar-refractivity contribution < 1.29 is 19.1 Å². The third-order valence-electron chi connectivity index (χ3n) is 4.75. The molecular formula is C23H23BrN2O4S2. The van der Waals surface area contributed by atoms with Crippen LogP contribution >= 0.6 is 39.9 Å². The Morgan fingerprint density at radius 2 is 1.97 bits per heavy atom. The molecule has 3 rings (SSSR count). The molecule has 0 spiro atoms. The molecule has 168 valence electrons. The van der Waals surface area contributed by atoms with Crippen LogP contribution in [-0.4, -0.2) is 41.3 Å². The number of rotatable bonds is 7. The smallest absolute Gasteiger partial charge is 0.265 e. The molecule has 1 N–H and O–H groups in total. The first kappa shape index (κ1) is 24.3. The van der Waals surface area contributed by atoms with Crippen LogP contribution in [-0.2, 0) is 9.59 Å². The van der Waals surface area contributed by atoms with E-state index in [2.05, 4.69) is 21.2 Å². The minimum Gasteiger partial charge on any atom is -0.490 e. The summed E-state index contributed by atoms with van der Waals surface area (Å²) < 4.78 is 12.6. The number of carbonyl (C=O) groups excluding carboxylic acids is 2.